The van der Waals surface area contributed by atoms with E-state index in [0.29, 0.717) is 6.54 Å². The second kappa shape index (κ2) is 7.71. The maximum atomic E-state index is 5.70. The predicted octanol–water partition coefficient (Wildman–Crippen LogP) is 0.853. The average molecular weight is 380 g/mol. The van der Waals surface area contributed by atoms with Crippen LogP contribution in [0.3, 0.4) is 0 Å². The molecule has 1 aromatic rings. The fraction of sp³-hybridized carbons (Fsp3) is 0.583. The zero-order chi connectivity index (χ0) is 13.0. The highest BCUT2D eigenvalue weighted by Crippen LogP contribution is 2.24. The van der Waals surface area contributed by atoms with Crippen LogP contribution in [0.5, 0.6) is 0 Å². The number of nitrogens with two attached hydrogens (primary N) is 2. The summed E-state index contributed by atoms with van der Waals surface area (Å²) in [6, 6.07) is 4.01. The first-order chi connectivity index (χ1) is 8.66. The van der Waals surface area contributed by atoms with E-state index in [9.17, 15) is 0 Å². The molecule has 2 heterocycles. The molecule has 1 aromatic heterocycles. The lowest BCUT2D eigenvalue weighted by atomic mass is 10.2. The van der Waals surface area contributed by atoms with Gasteiger partial charge in [0.2, 0.25) is 0 Å². The van der Waals surface area contributed by atoms with E-state index in [4.69, 9.17) is 20.6 Å². The molecule has 0 aliphatic carbocycles. The molecule has 4 N–H and O–H groups in total. The van der Waals surface area contributed by atoms with Crippen molar-refractivity contribution in [2.75, 3.05) is 32.8 Å². The number of morpholine rings is 1. The van der Waals surface area contributed by atoms with Crippen LogP contribution in [0.25, 0.3) is 0 Å². The fourth-order valence-electron chi connectivity index (χ4n) is 2.10. The minimum atomic E-state index is 0. The van der Waals surface area contributed by atoms with Gasteiger partial charge in [-0.1, -0.05) is 0 Å². The van der Waals surface area contributed by atoms with E-state index >= 15 is 0 Å². The lowest BCUT2D eigenvalue weighted by Crippen LogP contribution is -2.40. The molecular weight excluding hydrogens is 359 g/mol. The van der Waals surface area contributed by atoms with Crippen LogP contribution < -0.4 is 11.5 Å². The smallest absolute Gasteiger partial charge is 0.185 e. The number of hydrogen-bond donors (Lipinski definition) is 2. The third kappa shape index (κ3) is 4.66. The van der Waals surface area contributed by atoms with Gasteiger partial charge in [0.1, 0.15) is 11.5 Å². The molecule has 0 bridgehead atoms. The van der Waals surface area contributed by atoms with Crippen LogP contribution in [0, 0.1) is 6.92 Å². The summed E-state index contributed by atoms with van der Waals surface area (Å²) >= 11 is 0. The summed E-state index contributed by atoms with van der Waals surface area (Å²) in [4.78, 5) is 6.40. The van der Waals surface area contributed by atoms with Crippen LogP contribution in [0.2, 0.25) is 0 Å². The molecule has 19 heavy (non-hydrogen) atoms. The molecular formula is C12H21IN4O2. The van der Waals surface area contributed by atoms with E-state index in [1.165, 1.54) is 0 Å². The van der Waals surface area contributed by atoms with Gasteiger partial charge in [0.05, 0.1) is 25.8 Å². The van der Waals surface area contributed by atoms with Gasteiger partial charge < -0.3 is 20.6 Å². The van der Waals surface area contributed by atoms with Crippen LogP contribution in [-0.4, -0.2) is 43.7 Å². The van der Waals surface area contributed by atoms with Crippen molar-refractivity contribution in [2.45, 2.75) is 13.0 Å². The van der Waals surface area contributed by atoms with Crippen LogP contribution in [0.4, 0.5) is 0 Å². The van der Waals surface area contributed by atoms with Crippen molar-refractivity contribution in [3.8, 4) is 0 Å². The molecule has 0 aromatic carbocycles. The molecule has 6 nitrogen and oxygen atoms in total. The Morgan fingerprint density at radius 1 is 1.37 bits per heavy atom. The molecule has 0 spiro atoms. The molecule has 1 aliphatic heterocycles. The maximum absolute atomic E-state index is 5.70. The van der Waals surface area contributed by atoms with E-state index in [0.717, 1.165) is 37.8 Å². The lowest BCUT2D eigenvalue weighted by Gasteiger charge is -2.32. The fourth-order valence-corrected chi connectivity index (χ4v) is 2.10. The molecule has 1 fully saturated rings. The van der Waals surface area contributed by atoms with Gasteiger partial charge in [-0.2, -0.15) is 0 Å². The van der Waals surface area contributed by atoms with Crippen molar-refractivity contribution >= 4 is 29.9 Å². The van der Waals surface area contributed by atoms with Gasteiger partial charge >= 0.3 is 0 Å². The van der Waals surface area contributed by atoms with E-state index in [1.54, 1.807) is 0 Å². The predicted molar refractivity (Wildman–Crippen MR) is 84.7 cm³/mol. The second-order valence-corrected chi connectivity index (χ2v) is 4.38. The summed E-state index contributed by atoms with van der Waals surface area (Å²) in [5.41, 5.74) is 10.8. The first kappa shape index (κ1) is 16.3. The number of aryl methyl sites for hydroxylation is 1. The first-order valence-corrected chi connectivity index (χ1v) is 6.10. The highest BCUT2D eigenvalue weighted by atomic mass is 127. The molecule has 0 amide bonds. The van der Waals surface area contributed by atoms with Crippen molar-refractivity contribution < 1.29 is 9.15 Å². The van der Waals surface area contributed by atoms with E-state index in [-0.39, 0.29) is 36.0 Å². The maximum Gasteiger partial charge on any atom is 0.185 e. The monoisotopic (exact) mass is 380 g/mol. The first-order valence-electron chi connectivity index (χ1n) is 6.10. The van der Waals surface area contributed by atoms with Crippen LogP contribution >= 0.6 is 24.0 Å². The van der Waals surface area contributed by atoms with Gasteiger partial charge in [0, 0.05) is 13.1 Å². The van der Waals surface area contributed by atoms with Crippen molar-refractivity contribution in [2.24, 2.45) is 16.5 Å². The number of halogens is 1. The number of ether oxygens (including phenoxy) is 1. The summed E-state index contributed by atoms with van der Waals surface area (Å²) in [6.07, 6.45) is 0. The summed E-state index contributed by atoms with van der Waals surface area (Å²) in [6.45, 7) is 5.64. The highest BCUT2D eigenvalue weighted by molar-refractivity contribution is 14.0. The number of rotatable bonds is 4. The SMILES string of the molecule is Cc1ccc(C(CN=C(N)N)N2CCOCC2)o1.I. The van der Waals surface area contributed by atoms with Gasteiger partial charge in [-0.05, 0) is 19.1 Å². The van der Waals surface area contributed by atoms with Gasteiger partial charge in [0.25, 0.3) is 0 Å². The Morgan fingerprint density at radius 3 is 2.58 bits per heavy atom. The van der Waals surface area contributed by atoms with Gasteiger partial charge in [0.15, 0.2) is 5.96 Å². The third-order valence-electron chi connectivity index (χ3n) is 3.02. The van der Waals surface area contributed by atoms with Crippen molar-refractivity contribution in [1.29, 1.82) is 0 Å². The Labute approximate surface area is 130 Å². The number of guanidine groups is 1. The minimum absolute atomic E-state index is 0. The summed E-state index contributed by atoms with van der Waals surface area (Å²) in [5, 5.41) is 0. The third-order valence-corrected chi connectivity index (χ3v) is 3.02. The normalized spacial score (nSPS) is 17.5. The van der Waals surface area contributed by atoms with Crippen molar-refractivity contribution in [1.82, 2.24) is 4.90 Å². The van der Waals surface area contributed by atoms with E-state index < -0.39 is 0 Å². The topological polar surface area (TPSA) is 90.0 Å². The molecule has 0 radical (unpaired) electrons. The van der Waals surface area contributed by atoms with E-state index in [1.807, 2.05) is 19.1 Å². The molecule has 7 heteroatoms. The number of furan rings is 1. The summed E-state index contributed by atoms with van der Waals surface area (Å²) in [5.74, 6) is 1.91. The lowest BCUT2D eigenvalue weighted by molar-refractivity contribution is 0.0135. The zero-order valence-electron chi connectivity index (χ0n) is 11.0. The molecule has 0 saturated carbocycles. The molecule has 1 aliphatic rings. The molecule has 1 atom stereocenters. The Morgan fingerprint density at radius 2 is 2.05 bits per heavy atom. The second-order valence-electron chi connectivity index (χ2n) is 4.38. The zero-order valence-corrected chi connectivity index (χ0v) is 13.4. The quantitative estimate of drug-likeness (QED) is 0.459. The van der Waals surface area contributed by atoms with Gasteiger partial charge in [-0.3, -0.25) is 9.89 Å². The summed E-state index contributed by atoms with van der Waals surface area (Å²) in [7, 11) is 0. The highest BCUT2D eigenvalue weighted by Gasteiger charge is 2.24. The van der Waals surface area contributed by atoms with Crippen molar-refractivity contribution in [3.05, 3.63) is 23.7 Å². The largest absolute Gasteiger partial charge is 0.465 e. The van der Waals surface area contributed by atoms with Gasteiger partial charge in [-0.15, -0.1) is 24.0 Å². The summed E-state index contributed by atoms with van der Waals surface area (Å²) < 4.78 is 11.1. The number of hydrogen-bond acceptors (Lipinski definition) is 4. The minimum Gasteiger partial charge on any atom is -0.465 e. The standard InChI is InChI=1S/C12H20N4O2.HI/c1-9-2-3-11(18-9)10(8-15-12(13)14)16-4-6-17-7-5-16;/h2-3,10H,4-8H2,1H3,(H4,13,14,15);1H. The Hall–Kier alpha value is -0.800. The van der Waals surface area contributed by atoms with Crippen LogP contribution in [0.1, 0.15) is 17.6 Å². The molecule has 1 saturated heterocycles. The van der Waals surface area contributed by atoms with Crippen LogP contribution in [-0.2, 0) is 4.74 Å². The van der Waals surface area contributed by atoms with Crippen molar-refractivity contribution in [3.63, 3.8) is 0 Å². The van der Waals surface area contributed by atoms with E-state index in [2.05, 4.69) is 9.89 Å². The number of aliphatic imine (C=N–C) groups is 1. The van der Waals surface area contributed by atoms with Gasteiger partial charge in [-0.25, -0.2) is 0 Å². The Bertz CT molecular complexity index is 412. The Kier molecular flexibility index (Phi) is 6.59. The average Bonchev–Trinajstić information content (AvgIpc) is 2.77. The molecule has 108 valence electrons. The molecule has 2 rings (SSSR count). The number of nitrogens with zero attached hydrogens (tertiary/aromatic N) is 2. The van der Waals surface area contributed by atoms with Crippen LogP contribution in [0.15, 0.2) is 21.5 Å². The Balaban J connectivity index is 0.00000180. The molecule has 1 unspecified atom stereocenters.